The van der Waals surface area contributed by atoms with Crippen molar-refractivity contribution in [3.8, 4) is 10.6 Å². The van der Waals surface area contributed by atoms with Crippen LogP contribution in [0.15, 0.2) is 28.1 Å². The van der Waals surface area contributed by atoms with Crippen LogP contribution < -0.4 is 0 Å². The summed E-state index contributed by atoms with van der Waals surface area (Å²) < 4.78 is 4.90. The fraction of sp³-hybridized carbons (Fsp3) is 0. The number of nitrogens with zero attached hydrogens (tertiary/aromatic N) is 1. The predicted molar refractivity (Wildman–Crippen MR) is 44.6 cm³/mol. The zero-order valence-electron chi connectivity index (χ0n) is 5.98. The maximum absolute atomic E-state index is 10.1. The topological polar surface area (TPSA) is 43.1 Å². The molecular weight excluding hydrogens is 174 g/mol. The van der Waals surface area contributed by atoms with Crippen LogP contribution in [0.3, 0.4) is 0 Å². The zero-order valence-corrected chi connectivity index (χ0v) is 6.80. The van der Waals surface area contributed by atoms with E-state index >= 15 is 0 Å². The summed E-state index contributed by atoms with van der Waals surface area (Å²) in [6.07, 6.45) is 1.66. The normalized spacial score (nSPS) is 10.0. The van der Waals surface area contributed by atoms with Crippen LogP contribution in [0, 0.1) is 0 Å². The van der Waals surface area contributed by atoms with Crippen molar-refractivity contribution in [1.82, 2.24) is 5.16 Å². The molecule has 0 aliphatic rings. The summed E-state index contributed by atoms with van der Waals surface area (Å²) >= 11 is 1.54. The molecule has 0 aliphatic heterocycles. The Kier molecular flexibility index (Phi) is 1.75. The second-order valence-electron chi connectivity index (χ2n) is 2.16. The van der Waals surface area contributed by atoms with Crippen molar-refractivity contribution in [2.24, 2.45) is 0 Å². The lowest BCUT2D eigenvalue weighted by Gasteiger charge is -1.82. The molecule has 12 heavy (non-hydrogen) atoms. The van der Waals surface area contributed by atoms with Crippen LogP contribution in [0.25, 0.3) is 10.6 Å². The Bertz CT molecular complexity index is 377. The summed E-state index contributed by atoms with van der Waals surface area (Å²) in [4.78, 5) is 11.1. The van der Waals surface area contributed by atoms with Gasteiger partial charge in [0.25, 0.3) is 6.29 Å². The molecule has 59 valence electrons. The van der Waals surface area contributed by atoms with Crippen LogP contribution in [0.2, 0.25) is 0 Å². The molecule has 0 N–H and O–H groups in total. The van der Waals surface area contributed by atoms with Gasteiger partial charge in [-0.3, -0.25) is 4.79 Å². The molecule has 0 fully saturated rings. The van der Waals surface area contributed by atoms with Crippen molar-refractivity contribution in [3.63, 3.8) is 0 Å². The zero-order chi connectivity index (χ0) is 8.39. The van der Waals surface area contributed by atoms with E-state index in [0.717, 1.165) is 4.88 Å². The van der Waals surface area contributed by atoms with Crippen molar-refractivity contribution in [2.75, 3.05) is 0 Å². The van der Waals surface area contributed by atoms with Crippen molar-refractivity contribution in [1.29, 1.82) is 0 Å². The number of thiophene rings is 1. The van der Waals surface area contributed by atoms with E-state index in [9.17, 15) is 4.79 Å². The highest BCUT2D eigenvalue weighted by molar-refractivity contribution is 7.13. The Balaban J connectivity index is 2.41. The SMILES string of the molecule is O=[C]c1cc(-c2cccs2)on1. The molecule has 0 spiro atoms. The summed E-state index contributed by atoms with van der Waals surface area (Å²) in [6.45, 7) is 0. The second kappa shape index (κ2) is 2.91. The number of hydrogen-bond acceptors (Lipinski definition) is 4. The van der Waals surface area contributed by atoms with Crippen LogP contribution in [-0.2, 0) is 4.79 Å². The highest BCUT2D eigenvalue weighted by Crippen LogP contribution is 2.24. The third-order valence-electron chi connectivity index (χ3n) is 1.38. The van der Waals surface area contributed by atoms with E-state index in [2.05, 4.69) is 5.16 Å². The molecule has 0 atom stereocenters. The van der Waals surface area contributed by atoms with E-state index in [1.165, 1.54) is 11.3 Å². The highest BCUT2D eigenvalue weighted by atomic mass is 32.1. The van der Waals surface area contributed by atoms with Gasteiger partial charge in [0.1, 0.15) is 0 Å². The molecule has 4 heteroatoms. The van der Waals surface area contributed by atoms with E-state index < -0.39 is 0 Å². The molecule has 0 amide bonds. The smallest absolute Gasteiger partial charge is 0.257 e. The lowest BCUT2D eigenvalue weighted by Crippen LogP contribution is -1.73. The van der Waals surface area contributed by atoms with Gasteiger partial charge in [0, 0.05) is 6.07 Å². The first-order valence-corrected chi connectivity index (χ1v) is 4.17. The number of rotatable bonds is 2. The number of aromatic nitrogens is 1. The fourth-order valence-electron chi connectivity index (χ4n) is 0.858. The molecule has 0 aliphatic carbocycles. The first-order valence-electron chi connectivity index (χ1n) is 3.29. The maximum atomic E-state index is 10.1. The summed E-state index contributed by atoms with van der Waals surface area (Å²) in [6, 6.07) is 5.38. The summed E-state index contributed by atoms with van der Waals surface area (Å²) in [5, 5.41) is 5.43. The monoisotopic (exact) mass is 178 g/mol. The second-order valence-corrected chi connectivity index (χ2v) is 3.10. The molecule has 2 rings (SSSR count). The van der Waals surface area contributed by atoms with E-state index in [0.29, 0.717) is 5.76 Å². The van der Waals surface area contributed by atoms with Gasteiger partial charge in [-0.25, -0.2) is 0 Å². The van der Waals surface area contributed by atoms with Gasteiger partial charge in [-0.2, -0.15) is 0 Å². The first kappa shape index (κ1) is 7.24. The van der Waals surface area contributed by atoms with E-state index in [-0.39, 0.29) is 5.69 Å². The molecule has 0 aromatic carbocycles. The lowest BCUT2D eigenvalue weighted by atomic mass is 10.3. The first-order chi connectivity index (χ1) is 5.90. The molecule has 2 aromatic rings. The van der Waals surface area contributed by atoms with Gasteiger partial charge in [0.2, 0.25) is 0 Å². The Hall–Kier alpha value is -1.42. The van der Waals surface area contributed by atoms with Gasteiger partial charge in [0.05, 0.1) is 4.88 Å². The Morgan fingerprint density at radius 2 is 2.50 bits per heavy atom. The molecule has 2 aromatic heterocycles. The van der Waals surface area contributed by atoms with Crippen LogP contribution in [-0.4, -0.2) is 11.4 Å². The highest BCUT2D eigenvalue weighted by Gasteiger charge is 2.06. The Labute approximate surface area is 72.6 Å². The van der Waals surface area contributed by atoms with Crippen molar-refractivity contribution >= 4 is 17.6 Å². The minimum atomic E-state index is 0.207. The van der Waals surface area contributed by atoms with Crippen LogP contribution in [0.1, 0.15) is 5.69 Å². The minimum absolute atomic E-state index is 0.207. The quantitative estimate of drug-likeness (QED) is 0.704. The maximum Gasteiger partial charge on any atom is 0.257 e. The standard InChI is InChI=1S/C8H4NO2S/c10-5-6-4-7(11-9-6)8-2-1-3-12-8/h1-4H. The van der Waals surface area contributed by atoms with Crippen LogP contribution >= 0.6 is 11.3 Å². The summed E-state index contributed by atoms with van der Waals surface area (Å²) in [5.41, 5.74) is 0.207. The third kappa shape index (κ3) is 1.16. The van der Waals surface area contributed by atoms with E-state index in [1.54, 1.807) is 12.4 Å². The van der Waals surface area contributed by atoms with Gasteiger partial charge < -0.3 is 4.52 Å². The minimum Gasteiger partial charge on any atom is -0.355 e. The van der Waals surface area contributed by atoms with Crippen molar-refractivity contribution in [3.05, 3.63) is 29.3 Å². The van der Waals surface area contributed by atoms with Crippen LogP contribution in [0.5, 0.6) is 0 Å². The largest absolute Gasteiger partial charge is 0.355 e. The molecule has 0 unspecified atom stereocenters. The average Bonchev–Trinajstić information content (AvgIpc) is 2.75. The lowest BCUT2D eigenvalue weighted by molar-refractivity contribution is 0.430. The number of hydrogen-bond donors (Lipinski definition) is 0. The predicted octanol–water partition coefficient (Wildman–Crippen LogP) is 1.86. The summed E-state index contributed by atoms with van der Waals surface area (Å²) in [5.74, 6) is 0.614. The van der Waals surface area contributed by atoms with E-state index in [1.807, 2.05) is 17.5 Å². The van der Waals surface area contributed by atoms with Crippen molar-refractivity contribution < 1.29 is 9.32 Å². The van der Waals surface area contributed by atoms with E-state index in [4.69, 9.17) is 4.52 Å². The average molecular weight is 178 g/mol. The molecule has 3 nitrogen and oxygen atoms in total. The van der Waals surface area contributed by atoms with Gasteiger partial charge in [-0.05, 0) is 11.4 Å². The third-order valence-corrected chi connectivity index (χ3v) is 2.26. The molecule has 0 saturated carbocycles. The van der Waals surface area contributed by atoms with Gasteiger partial charge >= 0.3 is 0 Å². The molecule has 0 saturated heterocycles. The molecular formula is C8H4NO2S. The molecule has 2 heterocycles. The van der Waals surface area contributed by atoms with Gasteiger partial charge in [-0.1, -0.05) is 11.2 Å². The van der Waals surface area contributed by atoms with Crippen LogP contribution in [0.4, 0.5) is 0 Å². The van der Waals surface area contributed by atoms with Gasteiger partial charge in [-0.15, -0.1) is 11.3 Å². The summed E-state index contributed by atoms with van der Waals surface area (Å²) in [7, 11) is 0. The Morgan fingerprint density at radius 1 is 1.58 bits per heavy atom. The fourth-order valence-corrected chi connectivity index (χ4v) is 1.53. The van der Waals surface area contributed by atoms with Crippen molar-refractivity contribution in [2.45, 2.75) is 0 Å². The molecule has 0 bridgehead atoms. The Morgan fingerprint density at radius 3 is 3.08 bits per heavy atom. The number of carbonyl (C=O) groups excluding carboxylic acids is 1. The van der Waals surface area contributed by atoms with Gasteiger partial charge in [0.15, 0.2) is 11.5 Å². The molecule has 1 radical (unpaired) electrons.